The summed E-state index contributed by atoms with van der Waals surface area (Å²) in [6.07, 6.45) is 0.459. The van der Waals surface area contributed by atoms with Crippen LogP contribution in [0.5, 0.6) is 6.01 Å². The van der Waals surface area contributed by atoms with Gasteiger partial charge in [0.2, 0.25) is 0 Å². The number of aliphatic hydroxyl groups is 2. The van der Waals surface area contributed by atoms with E-state index in [0.717, 1.165) is 22.3 Å². The number of benzene rings is 2. The van der Waals surface area contributed by atoms with Crippen molar-refractivity contribution in [2.24, 2.45) is 0 Å². The third-order valence-corrected chi connectivity index (χ3v) is 7.55. The molecule has 3 N–H and O–H groups in total. The fourth-order valence-corrected chi connectivity index (χ4v) is 5.60. The number of ether oxygens (including phenoxy) is 2. The third kappa shape index (κ3) is 6.16. The number of aromatic amines is 1. The lowest BCUT2D eigenvalue weighted by Gasteiger charge is -2.32. The van der Waals surface area contributed by atoms with E-state index in [0.29, 0.717) is 34.7 Å². The minimum absolute atomic E-state index is 0.0142. The van der Waals surface area contributed by atoms with Gasteiger partial charge in [-0.25, -0.2) is 13.4 Å². The number of H-pyrrole nitrogens is 1. The number of fused-ring (bicyclic) bond motifs is 1. The monoisotopic (exact) mass is 557 g/mol. The molecule has 1 aliphatic heterocycles. The fourth-order valence-electron chi connectivity index (χ4n) is 4.54. The van der Waals surface area contributed by atoms with E-state index in [9.17, 15) is 13.5 Å². The number of halogens is 1. The Hall–Kier alpha value is -3.02. The second kappa shape index (κ2) is 11.0. The quantitative estimate of drug-likeness (QED) is 0.298. The van der Waals surface area contributed by atoms with Crippen LogP contribution < -0.4 is 4.74 Å². The zero-order valence-corrected chi connectivity index (χ0v) is 22.2. The Morgan fingerprint density at radius 3 is 2.37 bits per heavy atom. The normalized spacial score (nSPS) is 20.1. The molecule has 0 amide bonds. The van der Waals surface area contributed by atoms with Gasteiger partial charge >= 0.3 is 0 Å². The van der Waals surface area contributed by atoms with Crippen LogP contribution in [-0.2, 0) is 20.3 Å². The molecule has 1 fully saturated rings. The molecule has 0 unspecified atom stereocenters. The van der Waals surface area contributed by atoms with Crippen molar-refractivity contribution in [2.45, 2.75) is 36.9 Å². The van der Waals surface area contributed by atoms with Crippen LogP contribution in [0.2, 0.25) is 5.02 Å². The maximum atomic E-state index is 11.5. The van der Waals surface area contributed by atoms with Gasteiger partial charge in [-0.1, -0.05) is 60.1 Å². The maximum absolute atomic E-state index is 11.5. The predicted octanol–water partition coefficient (Wildman–Crippen LogP) is 3.77. The first kappa shape index (κ1) is 26.6. The maximum Gasteiger partial charge on any atom is 0.296 e. The van der Waals surface area contributed by atoms with Gasteiger partial charge in [-0.15, -0.1) is 0 Å². The summed E-state index contributed by atoms with van der Waals surface area (Å²) in [6.45, 7) is 0.236. The number of nitrogens with one attached hydrogen (secondary N) is 1. The van der Waals surface area contributed by atoms with E-state index < -0.39 is 22.0 Å². The number of nitrogens with zero attached hydrogens (tertiary/aromatic N) is 2. The summed E-state index contributed by atoms with van der Waals surface area (Å²) in [5, 5.41) is 19.8. The molecular weight excluding hydrogens is 530 g/mol. The van der Waals surface area contributed by atoms with E-state index in [-0.39, 0.29) is 31.1 Å². The minimum atomic E-state index is -3.08. The van der Waals surface area contributed by atoms with Crippen molar-refractivity contribution in [3.8, 4) is 28.4 Å². The van der Waals surface area contributed by atoms with E-state index in [4.69, 9.17) is 26.2 Å². The summed E-state index contributed by atoms with van der Waals surface area (Å²) in [5.41, 5.74) is 5.16. The standard InChI is InChI=1S/C27H28ClN3O6S/c1-38(34,35)15-16-2-4-17(5-3-16)18-6-8-19(9-7-18)25-21(28)13-22-26(30-25)31-27(29-22)37-20-12-23(33)24(10-11-32)36-14-20/h2-9,13,20,23-24,32-33H,10-12,14-15H2,1H3,(H,29,30,31)/t20-,23+,24-/m1/s1. The SMILES string of the molecule is CS(=O)(=O)Cc1ccc(-c2ccc(-c3nc4nc(O[C@H]5CO[C@H](CCO)[C@@H](O)C5)[nH]c4cc3Cl)cc2)cc1. The third-order valence-electron chi connectivity index (χ3n) is 6.40. The number of pyridine rings is 1. The van der Waals surface area contributed by atoms with Crippen LogP contribution in [0.25, 0.3) is 33.5 Å². The van der Waals surface area contributed by atoms with E-state index in [1.807, 2.05) is 48.5 Å². The minimum Gasteiger partial charge on any atom is -0.459 e. The van der Waals surface area contributed by atoms with Crippen LogP contribution in [0.3, 0.4) is 0 Å². The van der Waals surface area contributed by atoms with Gasteiger partial charge in [-0.05, 0) is 29.2 Å². The highest BCUT2D eigenvalue weighted by Crippen LogP contribution is 2.32. The van der Waals surface area contributed by atoms with Crippen molar-refractivity contribution in [1.29, 1.82) is 0 Å². The number of aromatic nitrogens is 3. The summed E-state index contributed by atoms with van der Waals surface area (Å²) in [4.78, 5) is 12.2. The first-order chi connectivity index (χ1) is 18.2. The zero-order chi connectivity index (χ0) is 26.9. The molecule has 0 radical (unpaired) electrons. The van der Waals surface area contributed by atoms with Crippen LogP contribution >= 0.6 is 11.6 Å². The number of rotatable bonds is 8. The van der Waals surface area contributed by atoms with Crippen molar-refractivity contribution in [3.05, 3.63) is 65.2 Å². The topological polar surface area (TPSA) is 135 Å². The smallest absolute Gasteiger partial charge is 0.296 e. The second-order valence-electron chi connectivity index (χ2n) is 9.50. The van der Waals surface area contributed by atoms with Gasteiger partial charge in [-0.3, -0.25) is 0 Å². The summed E-state index contributed by atoms with van der Waals surface area (Å²) in [6, 6.07) is 17.2. The average Bonchev–Trinajstić information content (AvgIpc) is 3.26. The molecule has 0 saturated carbocycles. The number of aliphatic hydroxyl groups excluding tert-OH is 2. The summed E-state index contributed by atoms with van der Waals surface area (Å²) < 4.78 is 34.5. The molecule has 3 heterocycles. The number of imidazole rings is 1. The predicted molar refractivity (Wildman–Crippen MR) is 145 cm³/mol. The number of hydrogen-bond donors (Lipinski definition) is 3. The number of hydrogen-bond acceptors (Lipinski definition) is 8. The highest BCUT2D eigenvalue weighted by Gasteiger charge is 2.31. The van der Waals surface area contributed by atoms with Gasteiger partial charge in [0.05, 0.1) is 40.8 Å². The van der Waals surface area contributed by atoms with Gasteiger partial charge in [0, 0.05) is 24.8 Å². The van der Waals surface area contributed by atoms with Crippen molar-refractivity contribution in [2.75, 3.05) is 19.5 Å². The molecule has 9 nitrogen and oxygen atoms in total. The molecule has 4 aromatic rings. The van der Waals surface area contributed by atoms with Crippen molar-refractivity contribution < 1.29 is 28.1 Å². The van der Waals surface area contributed by atoms with Gasteiger partial charge in [0.15, 0.2) is 15.5 Å². The Morgan fingerprint density at radius 2 is 1.74 bits per heavy atom. The van der Waals surface area contributed by atoms with E-state index in [2.05, 4.69) is 15.0 Å². The van der Waals surface area contributed by atoms with Gasteiger partial charge in [-0.2, -0.15) is 4.98 Å². The van der Waals surface area contributed by atoms with Gasteiger partial charge < -0.3 is 24.7 Å². The van der Waals surface area contributed by atoms with Gasteiger partial charge in [0.1, 0.15) is 6.10 Å². The molecule has 3 atom stereocenters. The largest absolute Gasteiger partial charge is 0.459 e. The number of sulfone groups is 1. The van der Waals surface area contributed by atoms with Crippen LogP contribution in [-0.4, -0.2) is 71.4 Å². The fraction of sp³-hybridized carbons (Fsp3) is 0.333. The van der Waals surface area contributed by atoms with E-state index in [1.54, 1.807) is 6.07 Å². The zero-order valence-electron chi connectivity index (χ0n) is 20.7. The molecule has 1 aliphatic rings. The first-order valence-electron chi connectivity index (χ1n) is 12.2. The molecule has 38 heavy (non-hydrogen) atoms. The highest BCUT2D eigenvalue weighted by molar-refractivity contribution is 7.89. The lowest BCUT2D eigenvalue weighted by atomic mass is 10.0. The molecule has 2 aromatic heterocycles. The summed E-state index contributed by atoms with van der Waals surface area (Å²) in [7, 11) is -3.08. The van der Waals surface area contributed by atoms with E-state index >= 15 is 0 Å². The Kier molecular flexibility index (Phi) is 7.69. The molecule has 1 saturated heterocycles. The molecule has 5 rings (SSSR count). The van der Waals surface area contributed by atoms with Crippen LogP contribution in [0, 0.1) is 0 Å². The molecule has 11 heteroatoms. The van der Waals surface area contributed by atoms with Crippen LogP contribution in [0.1, 0.15) is 18.4 Å². The van der Waals surface area contributed by atoms with Crippen molar-refractivity contribution >= 4 is 32.6 Å². The Balaban J connectivity index is 1.31. The Bertz CT molecular complexity index is 1520. The Morgan fingerprint density at radius 1 is 1.08 bits per heavy atom. The molecular formula is C27H28ClN3O6S. The van der Waals surface area contributed by atoms with Crippen molar-refractivity contribution in [1.82, 2.24) is 15.0 Å². The molecule has 0 spiro atoms. The molecule has 0 aliphatic carbocycles. The summed E-state index contributed by atoms with van der Waals surface area (Å²) >= 11 is 6.56. The first-order valence-corrected chi connectivity index (χ1v) is 14.6. The van der Waals surface area contributed by atoms with E-state index in [1.165, 1.54) is 6.26 Å². The second-order valence-corrected chi connectivity index (χ2v) is 12.1. The molecule has 2 aromatic carbocycles. The summed E-state index contributed by atoms with van der Waals surface area (Å²) in [5.74, 6) is 0.0142. The lowest BCUT2D eigenvalue weighted by Crippen LogP contribution is -2.43. The Labute approximate surface area is 225 Å². The lowest BCUT2D eigenvalue weighted by molar-refractivity contribution is -0.123. The average molecular weight is 558 g/mol. The van der Waals surface area contributed by atoms with Crippen LogP contribution in [0.15, 0.2) is 54.6 Å². The molecule has 0 bridgehead atoms. The van der Waals surface area contributed by atoms with Crippen molar-refractivity contribution in [3.63, 3.8) is 0 Å². The van der Waals surface area contributed by atoms with Crippen LogP contribution in [0.4, 0.5) is 0 Å². The molecule has 200 valence electrons. The highest BCUT2D eigenvalue weighted by atomic mass is 35.5. The van der Waals surface area contributed by atoms with Gasteiger partial charge in [0.25, 0.3) is 6.01 Å².